The summed E-state index contributed by atoms with van der Waals surface area (Å²) in [5, 5.41) is 0. The number of hydrogen-bond donors (Lipinski definition) is 0. The zero-order chi connectivity index (χ0) is 16.4. The van der Waals surface area contributed by atoms with Crippen LogP contribution in [0.5, 0.6) is 0 Å². The number of fused-ring (bicyclic) bond motifs is 5. The minimum atomic E-state index is 0.310. The van der Waals surface area contributed by atoms with E-state index in [0.717, 1.165) is 30.1 Å². The lowest BCUT2D eigenvalue weighted by atomic mass is 9.44. The van der Waals surface area contributed by atoms with Gasteiger partial charge in [-0.05, 0) is 72.5 Å². The Hall–Kier alpha value is -0.330. The first-order valence-electron chi connectivity index (χ1n) is 10.4. The van der Waals surface area contributed by atoms with Crippen molar-refractivity contribution >= 4 is 5.78 Å². The third-order valence-corrected chi connectivity index (χ3v) is 9.30. The Labute approximate surface area is 143 Å². The van der Waals surface area contributed by atoms with Gasteiger partial charge in [-0.3, -0.25) is 4.79 Å². The molecule has 0 aromatic heterocycles. The molecule has 1 heteroatoms. The Morgan fingerprint density at radius 3 is 2.61 bits per heavy atom. The average molecular weight is 317 g/mol. The first-order valence-corrected chi connectivity index (χ1v) is 10.4. The van der Waals surface area contributed by atoms with Crippen molar-refractivity contribution in [3.63, 3.8) is 0 Å². The van der Waals surface area contributed by atoms with E-state index in [-0.39, 0.29) is 0 Å². The van der Waals surface area contributed by atoms with Gasteiger partial charge in [-0.15, -0.1) is 0 Å². The van der Waals surface area contributed by atoms with Gasteiger partial charge in [0.25, 0.3) is 0 Å². The molecule has 4 fully saturated rings. The normalized spacial score (nSPS) is 55.9. The highest BCUT2D eigenvalue weighted by Crippen LogP contribution is 2.67. The van der Waals surface area contributed by atoms with Crippen LogP contribution in [-0.4, -0.2) is 5.78 Å². The largest absolute Gasteiger partial charge is 0.299 e. The van der Waals surface area contributed by atoms with E-state index in [1.807, 2.05) is 0 Å². The van der Waals surface area contributed by atoms with Gasteiger partial charge in [0.05, 0.1) is 0 Å². The summed E-state index contributed by atoms with van der Waals surface area (Å²) in [7, 11) is 0. The molecule has 8 atom stereocenters. The molecule has 1 nitrogen and oxygen atoms in total. The summed E-state index contributed by atoms with van der Waals surface area (Å²) >= 11 is 0. The second-order valence-corrected chi connectivity index (χ2v) is 10.2. The molecule has 0 aliphatic heterocycles. The van der Waals surface area contributed by atoms with E-state index in [1.165, 1.54) is 51.4 Å². The summed E-state index contributed by atoms with van der Waals surface area (Å²) in [5.74, 6) is 5.03. The second kappa shape index (κ2) is 5.33. The molecule has 0 bridgehead atoms. The molecule has 0 N–H and O–H groups in total. The van der Waals surface area contributed by atoms with E-state index < -0.39 is 0 Å². The van der Waals surface area contributed by atoms with Gasteiger partial charge in [0.1, 0.15) is 5.78 Å². The highest BCUT2D eigenvalue weighted by Gasteiger charge is 2.63. The quantitative estimate of drug-likeness (QED) is 0.591. The van der Waals surface area contributed by atoms with E-state index in [1.54, 1.807) is 0 Å². The van der Waals surface area contributed by atoms with Gasteiger partial charge >= 0.3 is 0 Å². The monoisotopic (exact) mass is 316 g/mol. The van der Waals surface area contributed by atoms with E-state index in [9.17, 15) is 4.79 Å². The summed E-state index contributed by atoms with van der Waals surface area (Å²) < 4.78 is 0. The number of hydrogen-bond acceptors (Lipinski definition) is 1. The predicted molar refractivity (Wildman–Crippen MR) is 95.1 cm³/mol. The van der Waals surface area contributed by atoms with Gasteiger partial charge in [0, 0.05) is 12.3 Å². The maximum absolute atomic E-state index is 13.4. The van der Waals surface area contributed by atoms with Crippen LogP contribution in [0.15, 0.2) is 0 Å². The molecule has 0 heterocycles. The maximum Gasteiger partial charge on any atom is 0.137 e. The second-order valence-electron chi connectivity index (χ2n) is 10.2. The molecule has 0 amide bonds. The van der Waals surface area contributed by atoms with Gasteiger partial charge in [-0.1, -0.05) is 47.0 Å². The maximum atomic E-state index is 13.4. The predicted octanol–water partition coefficient (Wildman–Crippen LogP) is 5.87. The molecule has 4 saturated carbocycles. The smallest absolute Gasteiger partial charge is 0.137 e. The van der Waals surface area contributed by atoms with Gasteiger partial charge in [-0.25, -0.2) is 0 Å². The van der Waals surface area contributed by atoms with Crippen molar-refractivity contribution in [2.75, 3.05) is 0 Å². The third-order valence-electron chi connectivity index (χ3n) is 9.30. The highest BCUT2D eigenvalue weighted by atomic mass is 16.1. The molecule has 0 radical (unpaired) electrons. The van der Waals surface area contributed by atoms with Gasteiger partial charge in [0.2, 0.25) is 0 Å². The van der Waals surface area contributed by atoms with Crippen molar-refractivity contribution < 1.29 is 4.79 Å². The molecule has 1 unspecified atom stereocenters. The summed E-state index contributed by atoms with van der Waals surface area (Å²) in [5.41, 5.74) is 0.650. The third kappa shape index (κ3) is 2.07. The molecule has 0 spiro atoms. The number of carbonyl (C=O) groups excluding carboxylic acids is 1. The highest BCUT2D eigenvalue weighted by molar-refractivity contribution is 5.84. The molecule has 4 rings (SSSR count). The number of Topliss-reactive ketones (excluding diaryl/α,β-unsaturated/α-hetero) is 1. The van der Waals surface area contributed by atoms with Crippen LogP contribution in [0.2, 0.25) is 0 Å². The van der Waals surface area contributed by atoms with Crippen molar-refractivity contribution in [1.82, 2.24) is 0 Å². The number of ketones is 1. The summed E-state index contributed by atoms with van der Waals surface area (Å²) in [4.78, 5) is 13.4. The SMILES string of the molecule is CC[C@H]1[C@H](C)C[C@H]2[C@@H]3CCC4CCCC[C@]4(C)[C@H]3C(=O)C[C@@]21C. The van der Waals surface area contributed by atoms with E-state index >= 15 is 0 Å². The molecule has 4 aliphatic rings. The molecule has 130 valence electrons. The van der Waals surface area contributed by atoms with Crippen molar-refractivity contribution in [3.05, 3.63) is 0 Å². The minimum absolute atomic E-state index is 0.310. The lowest BCUT2D eigenvalue weighted by molar-refractivity contribution is -0.157. The van der Waals surface area contributed by atoms with Crippen molar-refractivity contribution in [2.24, 2.45) is 46.3 Å². The van der Waals surface area contributed by atoms with Gasteiger partial charge in [0.15, 0.2) is 0 Å². The van der Waals surface area contributed by atoms with Crippen LogP contribution in [-0.2, 0) is 4.79 Å². The lowest BCUT2D eigenvalue weighted by Gasteiger charge is -2.59. The Morgan fingerprint density at radius 1 is 1.09 bits per heavy atom. The lowest BCUT2D eigenvalue weighted by Crippen LogP contribution is -2.56. The van der Waals surface area contributed by atoms with Crippen molar-refractivity contribution in [3.8, 4) is 0 Å². The Morgan fingerprint density at radius 2 is 1.87 bits per heavy atom. The first-order chi connectivity index (χ1) is 10.9. The van der Waals surface area contributed by atoms with Crippen LogP contribution < -0.4 is 0 Å². The summed E-state index contributed by atoms with van der Waals surface area (Å²) in [6.07, 6.45) is 11.8. The van der Waals surface area contributed by atoms with Gasteiger partial charge in [-0.2, -0.15) is 0 Å². The Balaban J connectivity index is 1.71. The molecule has 4 aliphatic carbocycles. The minimum Gasteiger partial charge on any atom is -0.299 e. The number of rotatable bonds is 1. The van der Waals surface area contributed by atoms with Crippen molar-refractivity contribution in [1.29, 1.82) is 0 Å². The fraction of sp³-hybridized carbons (Fsp3) is 0.955. The fourth-order valence-corrected chi connectivity index (χ4v) is 8.44. The average Bonchev–Trinajstić information content (AvgIpc) is 2.75. The van der Waals surface area contributed by atoms with Crippen LogP contribution in [0.1, 0.15) is 85.5 Å². The van der Waals surface area contributed by atoms with E-state index in [0.29, 0.717) is 28.4 Å². The number of carbonyl (C=O) groups is 1. The van der Waals surface area contributed by atoms with Gasteiger partial charge < -0.3 is 0 Å². The fourth-order valence-electron chi connectivity index (χ4n) is 8.44. The molecule has 23 heavy (non-hydrogen) atoms. The topological polar surface area (TPSA) is 17.1 Å². The molecular weight excluding hydrogens is 280 g/mol. The molecule has 0 aromatic carbocycles. The molecule has 0 aromatic rings. The Kier molecular flexibility index (Phi) is 3.75. The van der Waals surface area contributed by atoms with Crippen LogP contribution in [0, 0.1) is 46.3 Å². The molecular formula is C22H36O. The Bertz CT molecular complexity index is 496. The standard InChI is InChI=1S/C22H36O/c1-5-17-14(2)12-18-16-10-9-15-8-6-7-11-21(15,3)20(16)19(23)13-22(17,18)4/h14-18,20H,5-13H2,1-4H3/t14-,15?,16+,17+,18+,20-,21+,22-/m1/s1. The van der Waals surface area contributed by atoms with Crippen LogP contribution in [0.4, 0.5) is 0 Å². The summed E-state index contributed by atoms with van der Waals surface area (Å²) in [6, 6.07) is 0. The van der Waals surface area contributed by atoms with Crippen molar-refractivity contribution in [2.45, 2.75) is 85.5 Å². The zero-order valence-electron chi connectivity index (χ0n) is 15.7. The van der Waals surface area contributed by atoms with Crippen LogP contribution in [0.25, 0.3) is 0 Å². The van der Waals surface area contributed by atoms with E-state index in [4.69, 9.17) is 0 Å². The first kappa shape index (κ1) is 16.2. The zero-order valence-corrected chi connectivity index (χ0v) is 15.7. The summed E-state index contributed by atoms with van der Waals surface area (Å²) in [6.45, 7) is 9.80. The van der Waals surface area contributed by atoms with E-state index in [2.05, 4.69) is 27.7 Å². The molecule has 0 saturated heterocycles. The van der Waals surface area contributed by atoms with Crippen LogP contribution in [0.3, 0.4) is 0 Å². The van der Waals surface area contributed by atoms with Crippen LogP contribution >= 0.6 is 0 Å².